The Labute approximate surface area is 231 Å². The maximum atomic E-state index is 12.1. The van der Waals surface area contributed by atoms with Gasteiger partial charge in [0.15, 0.2) is 0 Å². The number of piperazine rings is 1. The molecule has 0 saturated carbocycles. The highest BCUT2D eigenvalue weighted by molar-refractivity contribution is 8.06. The summed E-state index contributed by atoms with van der Waals surface area (Å²) in [4.78, 5) is 10.4. The number of aliphatic imine (C=N–C) groups is 1. The summed E-state index contributed by atoms with van der Waals surface area (Å²) in [6, 6.07) is 7.99. The molecule has 4 nitrogen and oxygen atoms in total. The third-order valence-electron chi connectivity index (χ3n) is 5.73. The van der Waals surface area contributed by atoms with Gasteiger partial charge in [0.1, 0.15) is 0 Å². The molecule has 2 heterocycles. The van der Waals surface area contributed by atoms with Crippen LogP contribution in [0.2, 0.25) is 0 Å². The normalized spacial score (nSPS) is 18.9. The standard InChI is InChI=1S/C13H14N2S.C11H15F3.C6H14N2/c1-10-6-5-9-14-12-7-3-4-8-13(12)15-11(2)16-10;1-4-6-10(5-2)8-7-9(3)11(12,13)14;1-7-3-5-8(2)6-4-7/h3-4,6-9,15H,2,5H2,1H3;5,7-8H,2,4,6H2,1,3H3;3-6H2,1-2H3/b10-6-,14-9?;9-7+,10-8+;. The first kappa shape index (κ1) is 33.5. The number of alkyl halides is 3. The Morgan fingerprint density at radius 1 is 1.11 bits per heavy atom. The number of nitrogens with zero attached hydrogens (tertiary/aromatic N) is 3. The van der Waals surface area contributed by atoms with E-state index < -0.39 is 11.7 Å². The first-order valence-electron chi connectivity index (χ1n) is 12.8. The summed E-state index contributed by atoms with van der Waals surface area (Å²) in [5.41, 5.74) is 2.20. The molecule has 8 heteroatoms. The van der Waals surface area contributed by atoms with Crippen LogP contribution in [-0.2, 0) is 0 Å². The largest absolute Gasteiger partial charge is 0.412 e. The Morgan fingerprint density at radius 3 is 2.26 bits per heavy atom. The summed E-state index contributed by atoms with van der Waals surface area (Å²) in [5, 5.41) is 4.20. The number of fused-ring (bicyclic) bond motifs is 1. The number of hydrogen-bond acceptors (Lipinski definition) is 5. The minimum absolute atomic E-state index is 0.590. The highest BCUT2D eigenvalue weighted by Crippen LogP contribution is 2.31. The van der Waals surface area contributed by atoms with E-state index in [-0.39, 0.29) is 0 Å². The summed E-state index contributed by atoms with van der Waals surface area (Å²) in [5.74, 6) is 0. The smallest absolute Gasteiger partial charge is 0.349 e. The van der Waals surface area contributed by atoms with E-state index in [1.54, 1.807) is 17.8 Å². The zero-order valence-corrected chi connectivity index (χ0v) is 24.3. The van der Waals surface area contributed by atoms with Crippen molar-refractivity contribution in [1.29, 1.82) is 0 Å². The molecule has 1 aromatic rings. The molecule has 0 atom stereocenters. The Balaban J connectivity index is 0.000000300. The van der Waals surface area contributed by atoms with E-state index >= 15 is 0 Å². The van der Waals surface area contributed by atoms with Gasteiger partial charge in [-0.3, -0.25) is 4.99 Å². The van der Waals surface area contributed by atoms with Gasteiger partial charge in [-0.1, -0.05) is 74.7 Å². The van der Waals surface area contributed by atoms with Crippen molar-refractivity contribution in [2.75, 3.05) is 45.6 Å². The minimum atomic E-state index is -4.23. The van der Waals surface area contributed by atoms with Crippen molar-refractivity contribution in [1.82, 2.24) is 9.80 Å². The maximum absolute atomic E-state index is 12.1. The number of hydrogen-bond donors (Lipinski definition) is 1. The minimum Gasteiger partial charge on any atom is -0.349 e. The molecule has 1 fully saturated rings. The van der Waals surface area contributed by atoms with Crippen molar-refractivity contribution in [3.63, 3.8) is 0 Å². The van der Waals surface area contributed by atoms with Crippen LogP contribution in [0.4, 0.5) is 24.5 Å². The quantitative estimate of drug-likeness (QED) is 0.382. The molecule has 38 heavy (non-hydrogen) atoms. The molecule has 1 saturated heterocycles. The van der Waals surface area contributed by atoms with E-state index in [0.29, 0.717) is 0 Å². The fourth-order valence-electron chi connectivity index (χ4n) is 3.25. The van der Waals surface area contributed by atoms with Gasteiger partial charge in [0.2, 0.25) is 0 Å². The van der Waals surface area contributed by atoms with Gasteiger partial charge >= 0.3 is 6.18 Å². The van der Waals surface area contributed by atoms with Crippen LogP contribution in [0.1, 0.15) is 40.0 Å². The van der Waals surface area contributed by atoms with E-state index in [0.717, 1.165) is 54.2 Å². The lowest BCUT2D eigenvalue weighted by atomic mass is 10.1. The molecule has 0 bridgehead atoms. The number of para-hydroxylation sites is 2. The van der Waals surface area contributed by atoms with Crippen LogP contribution in [0.25, 0.3) is 0 Å². The average molecular weight is 549 g/mol. The maximum Gasteiger partial charge on any atom is 0.412 e. The zero-order valence-electron chi connectivity index (χ0n) is 23.4. The van der Waals surface area contributed by atoms with E-state index in [1.807, 2.05) is 37.4 Å². The number of halogens is 3. The summed E-state index contributed by atoms with van der Waals surface area (Å²) in [6.07, 6.45) is 6.51. The molecule has 210 valence electrons. The monoisotopic (exact) mass is 548 g/mol. The van der Waals surface area contributed by atoms with Crippen LogP contribution in [0.3, 0.4) is 0 Å². The first-order valence-corrected chi connectivity index (χ1v) is 13.6. The highest BCUT2D eigenvalue weighted by Gasteiger charge is 2.29. The van der Waals surface area contributed by atoms with Crippen LogP contribution < -0.4 is 5.32 Å². The Morgan fingerprint density at radius 2 is 1.71 bits per heavy atom. The molecule has 2 aliphatic heterocycles. The lowest BCUT2D eigenvalue weighted by Gasteiger charge is -2.28. The first-order chi connectivity index (χ1) is 18.0. The van der Waals surface area contributed by atoms with E-state index in [1.165, 1.54) is 37.2 Å². The molecule has 1 N–H and O–H groups in total. The molecule has 2 aliphatic rings. The van der Waals surface area contributed by atoms with Gasteiger partial charge in [-0.15, -0.1) is 0 Å². The molecule has 0 unspecified atom stereocenters. The summed E-state index contributed by atoms with van der Waals surface area (Å²) < 4.78 is 36.2. The SMILES string of the molecule is C=C/C(=C\C=C(/C)C(F)(F)F)CCC.C=C1Nc2ccccc2N=CC/C=C(/C)S1.CN1CCN(C)CC1. The van der Waals surface area contributed by atoms with Crippen molar-refractivity contribution < 1.29 is 13.2 Å². The van der Waals surface area contributed by atoms with Crippen molar-refractivity contribution in [3.05, 3.63) is 82.8 Å². The topological polar surface area (TPSA) is 30.9 Å². The number of allylic oxidation sites excluding steroid dienone is 7. The lowest BCUT2D eigenvalue weighted by Crippen LogP contribution is -2.42. The Kier molecular flexibility index (Phi) is 15.7. The van der Waals surface area contributed by atoms with Gasteiger partial charge < -0.3 is 15.1 Å². The zero-order chi connectivity index (χ0) is 28.6. The van der Waals surface area contributed by atoms with E-state index in [4.69, 9.17) is 0 Å². The molecule has 0 amide bonds. The fourth-order valence-corrected chi connectivity index (χ4v) is 3.98. The Bertz CT molecular complexity index is 991. The van der Waals surface area contributed by atoms with Crippen LogP contribution in [0.5, 0.6) is 0 Å². The number of likely N-dealkylation sites (N-methyl/N-ethyl adjacent to an activating group) is 2. The average Bonchev–Trinajstić information content (AvgIpc) is 2.87. The second kappa shape index (κ2) is 17.9. The van der Waals surface area contributed by atoms with Crippen LogP contribution in [-0.4, -0.2) is 62.5 Å². The van der Waals surface area contributed by atoms with Gasteiger partial charge in [-0.2, -0.15) is 13.2 Å². The lowest BCUT2D eigenvalue weighted by molar-refractivity contribution is -0.0913. The molecule has 0 spiro atoms. The van der Waals surface area contributed by atoms with Crippen molar-refractivity contribution in [3.8, 4) is 0 Å². The van der Waals surface area contributed by atoms with Gasteiger partial charge in [0.05, 0.1) is 16.4 Å². The van der Waals surface area contributed by atoms with Crippen molar-refractivity contribution >= 4 is 29.4 Å². The van der Waals surface area contributed by atoms with Crippen LogP contribution in [0.15, 0.2) is 87.8 Å². The molecule has 0 aliphatic carbocycles. The molecule has 1 aromatic carbocycles. The van der Waals surface area contributed by atoms with Crippen LogP contribution >= 0.6 is 11.8 Å². The summed E-state index contributed by atoms with van der Waals surface area (Å²) in [7, 11) is 4.35. The molecule has 0 radical (unpaired) electrons. The fraction of sp³-hybridized carbons (Fsp3) is 0.433. The second-order valence-corrected chi connectivity index (χ2v) is 10.5. The summed E-state index contributed by atoms with van der Waals surface area (Å²) in [6.45, 7) is 17.6. The number of anilines is 1. The van der Waals surface area contributed by atoms with E-state index in [2.05, 4.69) is 60.4 Å². The van der Waals surface area contributed by atoms with Crippen molar-refractivity contribution in [2.45, 2.75) is 46.2 Å². The predicted molar refractivity (Wildman–Crippen MR) is 161 cm³/mol. The molecule has 0 aromatic heterocycles. The molecular weight excluding hydrogens is 505 g/mol. The van der Waals surface area contributed by atoms with Gasteiger partial charge in [0.25, 0.3) is 0 Å². The number of rotatable bonds is 4. The van der Waals surface area contributed by atoms with Gasteiger partial charge in [-0.05, 0) is 57.0 Å². The third kappa shape index (κ3) is 14.4. The predicted octanol–water partition coefficient (Wildman–Crippen LogP) is 8.58. The van der Waals surface area contributed by atoms with E-state index in [9.17, 15) is 13.2 Å². The van der Waals surface area contributed by atoms with Gasteiger partial charge in [-0.25, -0.2) is 0 Å². The summed E-state index contributed by atoms with van der Waals surface area (Å²) >= 11 is 1.66. The Hall–Kier alpha value is -2.55. The number of benzene rings is 1. The highest BCUT2D eigenvalue weighted by atomic mass is 32.2. The molecular formula is C30H43F3N4S. The molecule has 3 rings (SSSR count). The van der Waals surface area contributed by atoms with Gasteiger partial charge in [0, 0.05) is 44.4 Å². The van der Waals surface area contributed by atoms with Crippen molar-refractivity contribution in [2.24, 2.45) is 4.99 Å². The number of thioether (sulfide) groups is 1. The third-order valence-corrected chi connectivity index (χ3v) is 6.56. The second-order valence-electron chi connectivity index (χ2n) is 9.18. The van der Waals surface area contributed by atoms with Crippen LogP contribution in [0, 0.1) is 0 Å². The number of nitrogens with one attached hydrogen (secondary N) is 1.